The van der Waals surface area contributed by atoms with Crippen molar-refractivity contribution in [2.24, 2.45) is 0 Å². The molecule has 2 aromatic rings. The quantitative estimate of drug-likeness (QED) is 0.894. The minimum absolute atomic E-state index is 0.525. The van der Waals surface area contributed by atoms with Crippen molar-refractivity contribution in [1.82, 2.24) is 19.9 Å². The van der Waals surface area contributed by atoms with E-state index in [4.69, 9.17) is 4.98 Å². The maximum atomic E-state index is 4.71. The van der Waals surface area contributed by atoms with Gasteiger partial charge in [0.2, 0.25) is 0 Å². The summed E-state index contributed by atoms with van der Waals surface area (Å²) in [5, 5.41) is 3.21. The lowest BCUT2D eigenvalue weighted by molar-refractivity contribution is 0.318. The van der Waals surface area contributed by atoms with E-state index in [0.29, 0.717) is 5.92 Å². The molecule has 0 unspecified atom stereocenters. The van der Waals surface area contributed by atoms with Crippen LogP contribution in [0, 0.1) is 6.92 Å². The highest BCUT2D eigenvalue weighted by molar-refractivity contribution is 5.45. The number of pyridine rings is 1. The molecule has 106 valence electrons. The van der Waals surface area contributed by atoms with Crippen LogP contribution in [0.5, 0.6) is 0 Å². The van der Waals surface area contributed by atoms with Gasteiger partial charge in [0, 0.05) is 49.0 Å². The molecule has 2 aromatic heterocycles. The predicted octanol–water partition coefficient (Wildman–Crippen LogP) is 2.14. The Morgan fingerprint density at radius 3 is 3.10 bits per heavy atom. The monoisotopic (exact) mass is 271 g/mol. The molecule has 0 radical (unpaired) electrons. The zero-order valence-corrected chi connectivity index (χ0v) is 12.1. The van der Waals surface area contributed by atoms with Crippen LogP contribution in [-0.2, 0) is 6.54 Å². The van der Waals surface area contributed by atoms with Gasteiger partial charge in [0.1, 0.15) is 5.82 Å². The summed E-state index contributed by atoms with van der Waals surface area (Å²) in [5.41, 5.74) is 3.43. The third-order valence-corrected chi connectivity index (χ3v) is 3.88. The molecule has 0 aromatic carbocycles. The summed E-state index contributed by atoms with van der Waals surface area (Å²) in [4.78, 5) is 14.6. The molecule has 0 amide bonds. The first kappa shape index (κ1) is 13.1. The van der Waals surface area contributed by atoms with Crippen LogP contribution >= 0.6 is 0 Å². The molecular weight excluding hydrogens is 250 g/mol. The van der Waals surface area contributed by atoms with Gasteiger partial charge in [-0.3, -0.25) is 9.88 Å². The second-order valence-corrected chi connectivity index (χ2v) is 5.43. The van der Waals surface area contributed by atoms with Crippen LogP contribution in [-0.4, -0.2) is 40.0 Å². The molecule has 0 bridgehead atoms. The number of aryl methyl sites for hydroxylation is 1. The topological polar surface area (TPSA) is 56.8 Å². The number of hydrogen-bond donors (Lipinski definition) is 2. The van der Waals surface area contributed by atoms with Gasteiger partial charge in [-0.1, -0.05) is 0 Å². The van der Waals surface area contributed by atoms with E-state index in [1.807, 2.05) is 19.4 Å². The van der Waals surface area contributed by atoms with Crippen molar-refractivity contribution >= 4 is 5.69 Å². The van der Waals surface area contributed by atoms with Crippen LogP contribution in [0.25, 0.3) is 0 Å². The molecule has 5 heteroatoms. The van der Waals surface area contributed by atoms with Gasteiger partial charge in [0.15, 0.2) is 0 Å². The molecule has 2 N–H and O–H groups in total. The highest BCUT2D eigenvalue weighted by Gasteiger charge is 2.25. The van der Waals surface area contributed by atoms with Gasteiger partial charge in [-0.05, 0) is 32.0 Å². The molecule has 1 aliphatic heterocycles. The van der Waals surface area contributed by atoms with E-state index in [9.17, 15) is 0 Å². The summed E-state index contributed by atoms with van der Waals surface area (Å²) < 4.78 is 0. The Kier molecular flexibility index (Phi) is 3.69. The first-order valence-corrected chi connectivity index (χ1v) is 7.11. The molecule has 1 fully saturated rings. The Bertz CT molecular complexity index is 564. The largest absolute Gasteiger partial charge is 0.388 e. The SMILES string of the molecule is CNc1cc(C)nc([C@@H]2CCN(Cc3ncc[nH]3)C2)c1. The fraction of sp³-hybridized carbons (Fsp3) is 0.467. The molecule has 0 aliphatic carbocycles. The molecular formula is C15H21N5. The average Bonchev–Trinajstić information content (AvgIpc) is 3.10. The van der Waals surface area contributed by atoms with Crippen molar-refractivity contribution in [2.45, 2.75) is 25.8 Å². The van der Waals surface area contributed by atoms with Gasteiger partial charge in [-0.2, -0.15) is 0 Å². The Morgan fingerprint density at radius 2 is 2.35 bits per heavy atom. The van der Waals surface area contributed by atoms with Gasteiger partial charge >= 0.3 is 0 Å². The Hall–Kier alpha value is -1.88. The van der Waals surface area contributed by atoms with E-state index < -0.39 is 0 Å². The number of rotatable bonds is 4. The summed E-state index contributed by atoms with van der Waals surface area (Å²) in [6.45, 7) is 5.12. The fourth-order valence-corrected chi connectivity index (χ4v) is 2.86. The van der Waals surface area contributed by atoms with E-state index in [1.54, 1.807) is 0 Å². The zero-order valence-electron chi connectivity index (χ0n) is 12.1. The van der Waals surface area contributed by atoms with E-state index in [1.165, 1.54) is 12.1 Å². The number of anilines is 1. The highest BCUT2D eigenvalue weighted by atomic mass is 15.2. The molecule has 3 heterocycles. The number of nitrogens with zero attached hydrogens (tertiary/aromatic N) is 3. The van der Waals surface area contributed by atoms with Gasteiger partial charge in [-0.15, -0.1) is 0 Å². The molecule has 1 aliphatic rings. The molecule has 1 atom stereocenters. The summed E-state index contributed by atoms with van der Waals surface area (Å²) in [6.07, 6.45) is 4.86. The number of aromatic nitrogens is 3. The van der Waals surface area contributed by atoms with Crippen molar-refractivity contribution in [2.75, 3.05) is 25.5 Å². The number of imidazole rings is 1. The zero-order chi connectivity index (χ0) is 13.9. The molecule has 0 saturated carbocycles. The van der Waals surface area contributed by atoms with Crippen molar-refractivity contribution in [3.05, 3.63) is 41.7 Å². The standard InChI is InChI=1S/C15H21N5/c1-11-7-13(16-2)8-14(19-11)12-3-6-20(9-12)10-15-17-4-5-18-15/h4-5,7-8,12H,3,6,9-10H2,1-2H3,(H,16,19)(H,17,18)/t12-/m1/s1. The summed E-state index contributed by atoms with van der Waals surface area (Å²) >= 11 is 0. The highest BCUT2D eigenvalue weighted by Crippen LogP contribution is 2.28. The maximum absolute atomic E-state index is 4.71. The Morgan fingerprint density at radius 1 is 1.45 bits per heavy atom. The van der Waals surface area contributed by atoms with Crippen molar-refractivity contribution in [3.8, 4) is 0 Å². The van der Waals surface area contributed by atoms with E-state index >= 15 is 0 Å². The van der Waals surface area contributed by atoms with Crippen LogP contribution in [0.15, 0.2) is 24.5 Å². The van der Waals surface area contributed by atoms with Crippen molar-refractivity contribution in [1.29, 1.82) is 0 Å². The minimum atomic E-state index is 0.525. The minimum Gasteiger partial charge on any atom is -0.388 e. The molecule has 20 heavy (non-hydrogen) atoms. The lowest BCUT2D eigenvalue weighted by Crippen LogP contribution is -2.20. The predicted molar refractivity (Wildman–Crippen MR) is 79.7 cm³/mol. The second-order valence-electron chi connectivity index (χ2n) is 5.43. The molecule has 0 spiro atoms. The lowest BCUT2D eigenvalue weighted by Gasteiger charge is -2.15. The summed E-state index contributed by atoms with van der Waals surface area (Å²) in [6, 6.07) is 4.26. The molecule has 5 nitrogen and oxygen atoms in total. The van der Waals surface area contributed by atoms with Crippen LogP contribution in [0.1, 0.15) is 29.6 Å². The number of H-pyrrole nitrogens is 1. The Labute approximate surface area is 119 Å². The van der Waals surface area contributed by atoms with Crippen LogP contribution in [0.4, 0.5) is 5.69 Å². The first-order chi connectivity index (χ1) is 9.74. The lowest BCUT2D eigenvalue weighted by atomic mass is 10.0. The second kappa shape index (κ2) is 5.63. The number of likely N-dealkylation sites (tertiary alicyclic amines) is 1. The van der Waals surface area contributed by atoms with Gasteiger partial charge < -0.3 is 10.3 Å². The summed E-state index contributed by atoms with van der Waals surface area (Å²) in [5.74, 6) is 1.57. The van der Waals surface area contributed by atoms with Gasteiger partial charge in [0.05, 0.1) is 6.54 Å². The smallest absolute Gasteiger partial charge is 0.120 e. The molecule has 3 rings (SSSR count). The van der Waals surface area contributed by atoms with Crippen LogP contribution in [0.3, 0.4) is 0 Å². The number of aromatic amines is 1. The van der Waals surface area contributed by atoms with Crippen molar-refractivity contribution < 1.29 is 0 Å². The van der Waals surface area contributed by atoms with Crippen molar-refractivity contribution in [3.63, 3.8) is 0 Å². The van der Waals surface area contributed by atoms with Crippen LogP contribution in [0.2, 0.25) is 0 Å². The van der Waals surface area contributed by atoms with E-state index in [0.717, 1.165) is 36.8 Å². The number of hydrogen-bond acceptors (Lipinski definition) is 4. The average molecular weight is 271 g/mol. The Balaban J connectivity index is 1.69. The third kappa shape index (κ3) is 2.82. The van der Waals surface area contributed by atoms with E-state index in [2.05, 4.69) is 39.2 Å². The number of nitrogens with one attached hydrogen (secondary N) is 2. The van der Waals surface area contributed by atoms with E-state index in [-0.39, 0.29) is 0 Å². The van der Waals surface area contributed by atoms with Crippen LogP contribution < -0.4 is 5.32 Å². The maximum Gasteiger partial charge on any atom is 0.120 e. The normalized spacial score (nSPS) is 19.4. The van der Waals surface area contributed by atoms with Gasteiger partial charge in [0.25, 0.3) is 0 Å². The fourth-order valence-electron chi connectivity index (χ4n) is 2.86. The van der Waals surface area contributed by atoms with Gasteiger partial charge in [-0.25, -0.2) is 4.98 Å². The first-order valence-electron chi connectivity index (χ1n) is 7.11. The molecule has 1 saturated heterocycles. The third-order valence-electron chi connectivity index (χ3n) is 3.88. The summed E-state index contributed by atoms with van der Waals surface area (Å²) in [7, 11) is 1.95.